The van der Waals surface area contributed by atoms with Crippen LogP contribution >= 0.6 is 0 Å². The summed E-state index contributed by atoms with van der Waals surface area (Å²) in [6.07, 6.45) is 7.80. The van der Waals surface area contributed by atoms with Gasteiger partial charge in [0.1, 0.15) is 18.2 Å². The van der Waals surface area contributed by atoms with Gasteiger partial charge in [0.25, 0.3) is 0 Å². The molecule has 0 aliphatic rings. The van der Waals surface area contributed by atoms with Gasteiger partial charge in [0.05, 0.1) is 0 Å². The summed E-state index contributed by atoms with van der Waals surface area (Å²) in [5.74, 6) is 2.38. The lowest BCUT2D eigenvalue weighted by atomic mass is 10.1. The lowest BCUT2D eigenvalue weighted by Crippen LogP contribution is -2.08. The summed E-state index contributed by atoms with van der Waals surface area (Å²) in [5.41, 5.74) is 0. The van der Waals surface area contributed by atoms with Crippen molar-refractivity contribution in [2.75, 3.05) is 31.3 Å². The first-order chi connectivity index (χ1) is 9.80. The Hall–Kier alpha value is -1.36. The smallest absolute Gasteiger partial charge is 0.158 e. The van der Waals surface area contributed by atoms with Crippen LogP contribution in [0.4, 0.5) is 11.6 Å². The second kappa shape index (κ2) is 10.4. The van der Waals surface area contributed by atoms with Crippen molar-refractivity contribution in [3.05, 3.63) is 11.9 Å². The lowest BCUT2D eigenvalue weighted by Gasteiger charge is -2.09. The third kappa shape index (κ3) is 6.70. The fourth-order valence-corrected chi connectivity index (χ4v) is 2.03. The summed E-state index contributed by atoms with van der Waals surface area (Å²) in [6, 6.07) is 1.93. The number of unbranched alkanes of at least 4 members (excludes halogenated alkanes) is 5. The standard InChI is InChI=1S/C15H28N4O/c1-4-5-6-7-8-9-10-17-14-11-13(16-2)18-15(19-14)12-20-3/h11H,4-10,12H2,1-3H3,(H2,16,17,18,19). The van der Waals surface area contributed by atoms with Crippen LogP contribution in [-0.4, -0.2) is 30.7 Å². The summed E-state index contributed by atoms with van der Waals surface area (Å²) in [5, 5.41) is 6.41. The fraction of sp³-hybridized carbons (Fsp3) is 0.733. The molecule has 1 rings (SSSR count). The molecule has 0 radical (unpaired) electrons. The van der Waals surface area contributed by atoms with Gasteiger partial charge >= 0.3 is 0 Å². The first kappa shape index (κ1) is 16.7. The minimum atomic E-state index is 0.432. The minimum absolute atomic E-state index is 0.432. The molecule has 2 N–H and O–H groups in total. The number of hydrogen-bond acceptors (Lipinski definition) is 5. The van der Waals surface area contributed by atoms with Gasteiger partial charge in [0.15, 0.2) is 5.82 Å². The van der Waals surface area contributed by atoms with Crippen molar-refractivity contribution in [1.29, 1.82) is 0 Å². The van der Waals surface area contributed by atoms with E-state index in [1.165, 1.54) is 38.5 Å². The average Bonchev–Trinajstić information content (AvgIpc) is 2.46. The number of ether oxygens (including phenoxy) is 1. The van der Waals surface area contributed by atoms with Crippen molar-refractivity contribution < 1.29 is 4.74 Å². The molecule has 0 unspecified atom stereocenters. The van der Waals surface area contributed by atoms with E-state index in [1.807, 2.05) is 13.1 Å². The van der Waals surface area contributed by atoms with Gasteiger partial charge in [-0.15, -0.1) is 0 Å². The summed E-state index contributed by atoms with van der Waals surface area (Å²) in [7, 11) is 3.51. The SMILES string of the molecule is CCCCCCCCNc1cc(NC)nc(COC)n1. The fourth-order valence-electron chi connectivity index (χ4n) is 2.03. The van der Waals surface area contributed by atoms with Crippen LogP contribution in [-0.2, 0) is 11.3 Å². The van der Waals surface area contributed by atoms with Gasteiger partial charge in [-0.3, -0.25) is 0 Å². The summed E-state index contributed by atoms with van der Waals surface area (Å²) in [4.78, 5) is 8.76. The number of anilines is 2. The van der Waals surface area contributed by atoms with E-state index >= 15 is 0 Å². The monoisotopic (exact) mass is 280 g/mol. The van der Waals surface area contributed by atoms with Gasteiger partial charge < -0.3 is 15.4 Å². The molecule has 1 heterocycles. The van der Waals surface area contributed by atoms with Crippen molar-refractivity contribution in [3.8, 4) is 0 Å². The number of aromatic nitrogens is 2. The van der Waals surface area contributed by atoms with Crippen LogP contribution in [0.5, 0.6) is 0 Å². The van der Waals surface area contributed by atoms with Crippen molar-refractivity contribution in [3.63, 3.8) is 0 Å². The second-order valence-corrected chi connectivity index (χ2v) is 4.93. The summed E-state index contributed by atoms with van der Waals surface area (Å²) < 4.78 is 5.08. The molecule has 0 saturated heterocycles. The highest BCUT2D eigenvalue weighted by Crippen LogP contribution is 2.12. The first-order valence-corrected chi connectivity index (χ1v) is 7.58. The van der Waals surface area contributed by atoms with Crippen molar-refractivity contribution >= 4 is 11.6 Å². The van der Waals surface area contributed by atoms with Crippen LogP contribution in [0.15, 0.2) is 6.07 Å². The highest BCUT2D eigenvalue weighted by atomic mass is 16.5. The molecule has 0 spiro atoms. The van der Waals surface area contributed by atoms with Crippen molar-refractivity contribution in [2.45, 2.75) is 52.1 Å². The Morgan fingerprint density at radius 2 is 1.75 bits per heavy atom. The number of methoxy groups -OCH3 is 1. The zero-order chi connectivity index (χ0) is 14.6. The molecule has 5 heteroatoms. The quantitative estimate of drug-likeness (QED) is 0.608. The highest BCUT2D eigenvalue weighted by molar-refractivity contribution is 5.47. The summed E-state index contributed by atoms with van der Waals surface area (Å²) >= 11 is 0. The van der Waals surface area contributed by atoms with E-state index in [2.05, 4.69) is 27.5 Å². The molecular formula is C15H28N4O. The molecule has 0 bridgehead atoms. The van der Waals surface area contributed by atoms with Crippen LogP contribution in [0.3, 0.4) is 0 Å². The predicted molar refractivity (Wildman–Crippen MR) is 84.2 cm³/mol. The van der Waals surface area contributed by atoms with Gasteiger partial charge in [0, 0.05) is 26.8 Å². The molecule has 114 valence electrons. The van der Waals surface area contributed by atoms with Gasteiger partial charge in [-0.05, 0) is 6.42 Å². The molecule has 1 aromatic rings. The number of rotatable bonds is 11. The minimum Gasteiger partial charge on any atom is -0.377 e. The Labute approximate surface area is 122 Å². The zero-order valence-electron chi connectivity index (χ0n) is 13.0. The maximum Gasteiger partial charge on any atom is 0.158 e. The Balaban J connectivity index is 2.33. The van der Waals surface area contributed by atoms with E-state index in [4.69, 9.17) is 4.74 Å². The molecule has 0 aliphatic heterocycles. The highest BCUT2D eigenvalue weighted by Gasteiger charge is 2.03. The molecule has 1 aromatic heterocycles. The zero-order valence-corrected chi connectivity index (χ0v) is 13.0. The van der Waals surface area contributed by atoms with E-state index in [0.717, 1.165) is 18.2 Å². The Morgan fingerprint density at radius 3 is 2.45 bits per heavy atom. The Kier molecular flexibility index (Phi) is 8.71. The molecular weight excluding hydrogens is 252 g/mol. The third-order valence-corrected chi connectivity index (χ3v) is 3.14. The average molecular weight is 280 g/mol. The number of nitrogens with one attached hydrogen (secondary N) is 2. The Morgan fingerprint density at radius 1 is 1.05 bits per heavy atom. The maximum atomic E-state index is 5.08. The van der Waals surface area contributed by atoms with E-state index in [9.17, 15) is 0 Å². The summed E-state index contributed by atoms with van der Waals surface area (Å²) in [6.45, 7) is 3.63. The number of nitrogens with zero attached hydrogens (tertiary/aromatic N) is 2. The van der Waals surface area contributed by atoms with E-state index in [0.29, 0.717) is 12.4 Å². The number of hydrogen-bond donors (Lipinski definition) is 2. The largest absolute Gasteiger partial charge is 0.377 e. The normalized spacial score (nSPS) is 10.6. The predicted octanol–water partition coefficient (Wildman–Crippen LogP) is 3.44. The molecule has 0 atom stereocenters. The Bertz CT molecular complexity index is 371. The van der Waals surface area contributed by atoms with Gasteiger partial charge in [-0.25, -0.2) is 9.97 Å². The molecule has 0 amide bonds. The van der Waals surface area contributed by atoms with Crippen LogP contribution in [0.1, 0.15) is 51.3 Å². The molecule has 0 aromatic carbocycles. The van der Waals surface area contributed by atoms with E-state index < -0.39 is 0 Å². The molecule has 20 heavy (non-hydrogen) atoms. The first-order valence-electron chi connectivity index (χ1n) is 7.58. The maximum absolute atomic E-state index is 5.08. The van der Waals surface area contributed by atoms with Crippen LogP contribution in [0, 0.1) is 0 Å². The van der Waals surface area contributed by atoms with Gasteiger partial charge in [-0.2, -0.15) is 0 Å². The van der Waals surface area contributed by atoms with Crippen molar-refractivity contribution in [1.82, 2.24) is 9.97 Å². The van der Waals surface area contributed by atoms with Gasteiger partial charge in [0.2, 0.25) is 0 Å². The lowest BCUT2D eigenvalue weighted by molar-refractivity contribution is 0.178. The van der Waals surface area contributed by atoms with Crippen LogP contribution in [0.2, 0.25) is 0 Å². The van der Waals surface area contributed by atoms with Gasteiger partial charge in [-0.1, -0.05) is 39.0 Å². The molecule has 5 nitrogen and oxygen atoms in total. The third-order valence-electron chi connectivity index (χ3n) is 3.14. The topological polar surface area (TPSA) is 59.1 Å². The molecule has 0 aliphatic carbocycles. The second-order valence-electron chi connectivity index (χ2n) is 4.93. The van der Waals surface area contributed by atoms with E-state index in [-0.39, 0.29) is 0 Å². The van der Waals surface area contributed by atoms with E-state index in [1.54, 1.807) is 7.11 Å². The van der Waals surface area contributed by atoms with Crippen LogP contribution < -0.4 is 10.6 Å². The molecule has 0 saturated carbocycles. The molecule has 0 fully saturated rings. The van der Waals surface area contributed by atoms with Crippen molar-refractivity contribution in [2.24, 2.45) is 0 Å². The van der Waals surface area contributed by atoms with Crippen LogP contribution in [0.25, 0.3) is 0 Å².